The molecule has 2 aromatic carbocycles. The highest BCUT2D eigenvalue weighted by Gasteiger charge is 2.46. The Kier molecular flexibility index (Phi) is 4.45. The molecule has 29 heavy (non-hydrogen) atoms. The van der Waals surface area contributed by atoms with Gasteiger partial charge in [-0.05, 0) is 38.5 Å². The van der Waals surface area contributed by atoms with E-state index in [-0.39, 0.29) is 17.0 Å². The zero-order chi connectivity index (χ0) is 20.9. The van der Waals surface area contributed by atoms with E-state index in [0.717, 1.165) is 23.5 Å². The minimum Gasteiger partial charge on any atom is -0.506 e. The van der Waals surface area contributed by atoms with Crippen LogP contribution < -0.4 is 4.90 Å². The van der Waals surface area contributed by atoms with Gasteiger partial charge < -0.3 is 10.0 Å². The average molecular weight is 388 g/mol. The van der Waals surface area contributed by atoms with Gasteiger partial charge in [-0.1, -0.05) is 30.3 Å². The van der Waals surface area contributed by atoms with E-state index in [4.69, 9.17) is 0 Å². The maximum Gasteiger partial charge on any atom is 0.209 e. The molecule has 0 radical (unpaired) electrons. The number of Topliss-reactive ketones (excluding diaryl/α,β-unsaturated/α-hetero) is 1. The predicted octanol–water partition coefficient (Wildman–Crippen LogP) is 4.63. The van der Waals surface area contributed by atoms with Crippen LogP contribution >= 0.6 is 0 Å². The van der Waals surface area contributed by atoms with Gasteiger partial charge in [-0.2, -0.15) is 4.58 Å². The van der Waals surface area contributed by atoms with Gasteiger partial charge in [-0.3, -0.25) is 4.79 Å². The fraction of sp³-hybridized carbons (Fsp3) is 0.280. The zero-order valence-corrected chi connectivity index (χ0v) is 17.7. The van der Waals surface area contributed by atoms with E-state index in [2.05, 4.69) is 37.5 Å². The lowest BCUT2D eigenvalue weighted by molar-refractivity contribution is -0.433. The Hall–Kier alpha value is -3.14. The highest BCUT2D eigenvalue weighted by atomic mass is 16.3. The first-order valence-corrected chi connectivity index (χ1v) is 9.99. The normalized spacial score (nSPS) is 18.9. The third-order valence-corrected chi connectivity index (χ3v) is 6.03. The molecular formula is C25H27N2O2+. The fourth-order valence-electron chi connectivity index (χ4n) is 4.33. The smallest absolute Gasteiger partial charge is 0.209 e. The summed E-state index contributed by atoms with van der Waals surface area (Å²) >= 11 is 0. The Morgan fingerprint density at radius 1 is 1.07 bits per heavy atom. The first-order valence-electron chi connectivity index (χ1n) is 9.99. The standard InChI is InChI=1S/C25H26N2O2/c1-6-27-20-10-8-7-9-19(20)25(2,3)21(27)15-18-23(28)22(24(18)29)16-11-13-17(14-12-16)26(4)5/h7-15H,6H2,1-5H3/p+1. The van der Waals surface area contributed by atoms with Gasteiger partial charge in [0.1, 0.15) is 12.3 Å². The number of hydrogen-bond donors (Lipinski definition) is 1. The van der Waals surface area contributed by atoms with Gasteiger partial charge in [0.05, 0.1) is 16.6 Å². The SMILES string of the molecule is CC[N+]1=C(C=C2C(=O)C(c3ccc(N(C)C)cc3)=C2O)C(C)(C)c2ccccc21. The Morgan fingerprint density at radius 2 is 1.72 bits per heavy atom. The summed E-state index contributed by atoms with van der Waals surface area (Å²) in [6.07, 6.45) is 1.87. The third kappa shape index (κ3) is 2.82. The molecular weight excluding hydrogens is 360 g/mol. The van der Waals surface area contributed by atoms with Crippen LogP contribution in [0.5, 0.6) is 0 Å². The van der Waals surface area contributed by atoms with Crippen molar-refractivity contribution >= 4 is 28.4 Å². The quantitative estimate of drug-likeness (QED) is 0.615. The molecule has 0 saturated heterocycles. The van der Waals surface area contributed by atoms with Gasteiger partial charge >= 0.3 is 0 Å². The number of anilines is 1. The van der Waals surface area contributed by atoms with E-state index < -0.39 is 0 Å². The molecule has 2 aromatic rings. The average Bonchev–Trinajstić information content (AvgIpc) is 2.93. The van der Waals surface area contributed by atoms with Crippen molar-refractivity contribution in [2.24, 2.45) is 0 Å². The first kappa shape index (κ1) is 19.2. The Balaban J connectivity index is 1.76. The number of hydrogen-bond acceptors (Lipinski definition) is 3. The molecule has 0 aromatic heterocycles. The van der Waals surface area contributed by atoms with Crippen LogP contribution in [0.15, 0.2) is 65.9 Å². The second kappa shape index (κ2) is 6.73. The van der Waals surface area contributed by atoms with Crippen molar-refractivity contribution in [3.63, 3.8) is 0 Å². The molecule has 2 aliphatic rings. The van der Waals surface area contributed by atoms with Crippen LogP contribution in [0.3, 0.4) is 0 Å². The third-order valence-electron chi connectivity index (χ3n) is 6.03. The van der Waals surface area contributed by atoms with Gasteiger partial charge in [-0.15, -0.1) is 0 Å². The summed E-state index contributed by atoms with van der Waals surface area (Å²) in [6.45, 7) is 7.24. The second-order valence-corrected chi connectivity index (χ2v) is 8.32. The van der Waals surface area contributed by atoms with Gasteiger partial charge in [0.25, 0.3) is 0 Å². The molecule has 1 N–H and O–H groups in total. The molecule has 0 fully saturated rings. The summed E-state index contributed by atoms with van der Waals surface area (Å²) in [4.78, 5) is 14.9. The lowest BCUT2D eigenvalue weighted by atomic mass is 9.77. The highest BCUT2D eigenvalue weighted by Crippen LogP contribution is 2.42. The summed E-state index contributed by atoms with van der Waals surface area (Å²) in [7, 11) is 3.94. The monoisotopic (exact) mass is 387 g/mol. The molecule has 0 spiro atoms. The first-order chi connectivity index (χ1) is 13.8. The van der Waals surface area contributed by atoms with Gasteiger partial charge in [-0.25, -0.2) is 0 Å². The van der Waals surface area contributed by atoms with Crippen molar-refractivity contribution in [2.45, 2.75) is 26.2 Å². The molecule has 4 nitrogen and oxygen atoms in total. The molecule has 0 saturated carbocycles. The number of rotatable bonds is 4. The van der Waals surface area contributed by atoms with Gasteiger partial charge in [0.15, 0.2) is 5.71 Å². The van der Waals surface area contributed by atoms with E-state index in [0.29, 0.717) is 11.1 Å². The summed E-state index contributed by atoms with van der Waals surface area (Å²) in [5.41, 5.74) is 5.81. The lowest BCUT2D eigenvalue weighted by Gasteiger charge is -2.23. The van der Waals surface area contributed by atoms with Crippen LogP contribution in [0, 0.1) is 0 Å². The molecule has 148 valence electrons. The molecule has 1 aliphatic heterocycles. The lowest BCUT2D eigenvalue weighted by Crippen LogP contribution is -2.30. The predicted molar refractivity (Wildman–Crippen MR) is 118 cm³/mol. The Bertz CT molecular complexity index is 1100. The minimum atomic E-state index is -0.233. The van der Waals surface area contributed by atoms with Gasteiger partial charge in [0.2, 0.25) is 11.5 Å². The fourth-order valence-corrected chi connectivity index (χ4v) is 4.33. The molecule has 4 rings (SSSR count). The number of aliphatic hydroxyl groups is 1. The zero-order valence-electron chi connectivity index (χ0n) is 17.7. The number of ketones is 1. The van der Waals surface area contributed by atoms with Crippen LogP contribution in [-0.4, -0.2) is 41.8 Å². The number of carbonyl (C=O) groups excluding carboxylic acids is 1. The molecule has 1 aliphatic carbocycles. The molecule has 0 atom stereocenters. The van der Waals surface area contributed by atoms with E-state index in [1.807, 2.05) is 61.5 Å². The number of allylic oxidation sites excluding steroid dienone is 3. The van der Waals surface area contributed by atoms with Crippen LogP contribution in [0.25, 0.3) is 5.57 Å². The van der Waals surface area contributed by atoms with Crippen LogP contribution in [-0.2, 0) is 10.2 Å². The number of para-hydroxylation sites is 1. The summed E-state index contributed by atoms with van der Waals surface area (Å²) in [5.74, 6) is -0.0154. The Morgan fingerprint density at radius 3 is 2.31 bits per heavy atom. The number of aliphatic hydroxyl groups excluding tert-OH is 1. The number of nitrogens with zero attached hydrogens (tertiary/aromatic N) is 2. The second-order valence-electron chi connectivity index (χ2n) is 8.32. The van der Waals surface area contributed by atoms with E-state index >= 15 is 0 Å². The highest BCUT2D eigenvalue weighted by molar-refractivity contribution is 6.40. The molecule has 0 amide bonds. The van der Waals surface area contributed by atoms with Crippen molar-refractivity contribution in [1.82, 2.24) is 0 Å². The minimum absolute atomic E-state index is 0.0860. The van der Waals surface area contributed by atoms with Crippen LogP contribution in [0.1, 0.15) is 31.9 Å². The summed E-state index contributed by atoms with van der Waals surface area (Å²) in [5, 5.41) is 10.7. The summed E-state index contributed by atoms with van der Waals surface area (Å²) in [6, 6.07) is 16.0. The van der Waals surface area contributed by atoms with E-state index in [9.17, 15) is 9.90 Å². The van der Waals surface area contributed by atoms with Crippen LogP contribution in [0.4, 0.5) is 11.4 Å². The maximum atomic E-state index is 12.9. The number of fused-ring (bicyclic) bond motifs is 1. The van der Waals surface area contributed by atoms with Crippen molar-refractivity contribution in [1.29, 1.82) is 0 Å². The van der Waals surface area contributed by atoms with Crippen LogP contribution in [0.2, 0.25) is 0 Å². The van der Waals surface area contributed by atoms with Crippen molar-refractivity contribution < 1.29 is 14.5 Å². The topological polar surface area (TPSA) is 43.5 Å². The molecule has 4 heteroatoms. The summed E-state index contributed by atoms with van der Waals surface area (Å²) < 4.78 is 2.23. The van der Waals surface area contributed by atoms with Crippen molar-refractivity contribution in [3.05, 3.63) is 77.1 Å². The molecule has 1 heterocycles. The van der Waals surface area contributed by atoms with Crippen molar-refractivity contribution in [2.75, 3.05) is 25.5 Å². The van der Waals surface area contributed by atoms with Gasteiger partial charge in [0, 0.05) is 37.5 Å². The Labute approximate surface area is 172 Å². The van der Waals surface area contributed by atoms with E-state index in [1.54, 1.807) is 0 Å². The molecule has 0 bridgehead atoms. The largest absolute Gasteiger partial charge is 0.506 e. The van der Waals surface area contributed by atoms with E-state index in [1.165, 1.54) is 11.3 Å². The molecule has 0 unspecified atom stereocenters. The maximum absolute atomic E-state index is 12.9. The number of benzene rings is 2. The number of carbonyl (C=O) groups is 1. The van der Waals surface area contributed by atoms with Crippen molar-refractivity contribution in [3.8, 4) is 0 Å².